The number of benzene rings is 1. The summed E-state index contributed by atoms with van der Waals surface area (Å²) in [7, 11) is -3.87. The maximum atomic E-state index is 14.7. The summed E-state index contributed by atoms with van der Waals surface area (Å²) in [6.07, 6.45) is 6.60. The van der Waals surface area contributed by atoms with Crippen LogP contribution in [0.15, 0.2) is 35.3 Å². The van der Waals surface area contributed by atoms with Crippen molar-refractivity contribution in [2.75, 3.05) is 16.6 Å². The number of nitriles is 1. The summed E-state index contributed by atoms with van der Waals surface area (Å²) in [5, 5.41) is 13.7. The molecule has 11 heteroatoms. The fraction of sp³-hybridized carbons (Fsp3) is 0.167. The smallest absolute Gasteiger partial charge is 0.257 e. The van der Waals surface area contributed by atoms with Gasteiger partial charge in [-0.05, 0) is 31.2 Å². The first-order valence-corrected chi connectivity index (χ1v) is 10.2. The van der Waals surface area contributed by atoms with Crippen molar-refractivity contribution in [1.29, 1.82) is 5.26 Å². The minimum atomic E-state index is -3.87. The molecule has 29 heavy (non-hydrogen) atoms. The second-order valence-corrected chi connectivity index (χ2v) is 8.43. The predicted octanol–water partition coefficient (Wildman–Crippen LogP) is 1.94. The van der Waals surface area contributed by atoms with Gasteiger partial charge < -0.3 is 0 Å². The van der Waals surface area contributed by atoms with E-state index in [-0.39, 0.29) is 39.9 Å². The summed E-state index contributed by atoms with van der Waals surface area (Å²) >= 11 is 5.89. The molecule has 0 fully saturated rings. The van der Waals surface area contributed by atoms with E-state index in [4.69, 9.17) is 18.0 Å². The molecule has 0 radical (unpaired) electrons. The lowest BCUT2D eigenvalue weighted by molar-refractivity contribution is 0.593. The fourth-order valence-corrected chi connectivity index (χ4v) is 3.88. The molecule has 2 heterocycles. The normalized spacial score (nSPS) is 11.2. The fourth-order valence-electron chi connectivity index (χ4n) is 2.69. The predicted molar refractivity (Wildman–Crippen MR) is 106 cm³/mol. The van der Waals surface area contributed by atoms with E-state index in [9.17, 15) is 22.9 Å². The molecule has 0 N–H and O–H groups in total. The number of hydrogen-bond donors (Lipinski definition) is 0. The Morgan fingerprint density at radius 2 is 2.10 bits per heavy atom. The van der Waals surface area contributed by atoms with E-state index in [1.165, 1.54) is 25.3 Å². The highest BCUT2D eigenvalue weighted by atomic mass is 35.5. The van der Waals surface area contributed by atoms with E-state index < -0.39 is 21.5 Å². The van der Waals surface area contributed by atoms with Crippen molar-refractivity contribution in [3.8, 4) is 24.1 Å². The highest BCUT2D eigenvalue weighted by Gasteiger charge is 2.25. The third-order valence-electron chi connectivity index (χ3n) is 4.10. The van der Waals surface area contributed by atoms with Gasteiger partial charge >= 0.3 is 5.69 Å². The van der Waals surface area contributed by atoms with Crippen molar-refractivity contribution in [1.82, 2.24) is 14.2 Å². The van der Waals surface area contributed by atoms with Gasteiger partial charge in [-0.1, -0.05) is 17.5 Å². The lowest BCUT2D eigenvalue weighted by Gasteiger charge is -2.23. The SMILES string of the molecule is C#CCN(c1cc(-n2nc3ccc(Cl)cn3c2=O)c(F)cc1C#N)S(=O)(=O)CC. The average molecular weight is 434 g/mol. The molecule has 0 unspecified atom stereocenters. The molecule has 0 saturated carbocycles. The maximum absolute atomic E-state index is 14.7. The lowest BCUT2D eigenvalue weighted by atomic mass is 10.1. The molecule has 0 aliphatic rings. The maximum Gasteiger partial charge on any atom is 0.355 e. The molecule has 1 aromatic carbocycles. The van der Waals surface area contributed by atoms with E-state index in [0.717, 1.165) is 25.5 Å². The molecule has 148 valence electrons. The first-order valence-electron chi connectivity index (χ1n) is 8.18. The molecule has 8 nitrogen and oxygen atoms in total. The Labute approximate surface area is 170 Å². The lowest BCUT2D eigenvalue weighted by Crippen LogP contribution is -2.33. The molecule has 0 atom stereocenters. The molecule has 0 amide bonds. The molecule has 0 aliphatic carbocycles. The van der Waals surface area contributed by atoms with E-state index in [2.05, 4.69) is 11.0 Å². The van der Waals surface area contributed by atoms with Crippen LogP contribution in [0.4, 0.5) is 10.1 Å². The first kappa shape index (κ1) is 20.4. The van der Waals surface area contributed by atoms with E-state index in [1.54, 1.807) is 6.07 Å². The van der Waals surface area contributed by atoms with Gasteiger partial charge in [0, 0.05) is 6.20 Å². The van der Waals surface area contributed by atoms with Crippen LogP contribution < -0.4 is 9.99 Å². The molecule has 3 aromatic rings. The molecule has 2 aromatic heterocycles. The number of aromatic nitrogens is 3. The van der Waals surface area contributed by atoms with Gasteiger partial charge in [0.25, 0.3) is 0 Å². The summed E-state index contributed by atoms with van der Waals surface area (Å²) < 4.78 is 42.3. The quantitative estimate of drug-likeness (QED) is 0.572. The zero-order valence-electron chi connectivity index (χ0n) is 15.0. The van der Waals surface area contributed by atoms with Gasteiger partial charge in [0.2, 0.25) is 10.0 Å². The summed E-state index contributed by atoms with van der Waals surface area (Å²) in [4.78, 5) is 12.7. The molecular formula is C18H13ClFN5O3S. The highest BCUT2D eigenvalue weighted by molar-refractivity contribution is 7.92. The molecule has 0 spiro atoms. The van der Waals surface area contributed by atoms with Crippen molar-refractivity contribution in [3.05, 3.63) is 57.3 Å². The van der Waals surface area contributed by atoms with Gasteiger partial charge in [0.15, 0.2) is 11.5 Å². The Balaban J connectivity index is 2.32. The second-order valence-electron chi connectivity index (χ2n) is 5.81. The van der Waals surface area contributed by atoms with Crippen LogP contribution in [0.25, 0.3) is 11.3 Å². The van der Waals surface area contributed by atoms with Crippen molar-refractivity contribution < 1.29 is 12.8 Å². The van der Waals surface area contributed by atoms with Crippen molar-refractivity contribution >= 4 is 33.0 Å². The monoisotopic (exact) mass is 433 g/mol. The zero-order chi connectivity index (χ0) is 21.3. The van der Waals surface area contributed by atoms with Crippen molar-refractivity contribution in [3.63, 3.8) is 0 Å². The third-order valence-corrected chi connectivity index (χ3v) is 6.05. The Morgan fingerprint density at radius 3 is 2.72 bits per heavy atom. The molecule has 3 rings (SSSR count). The number of halogens is 2. The van der Waals surface area contributed by atoms with E-state index in [0.29, 0.717) is 0 Å². The highest BCUT2D eigenvalue weighted by Crippen LogP contribution is 2.28. The zero-order valence-corrected chi connectivity index (χ0v) is 16.6. The van der Waals surface area contributed by atoms with Crippen LogP contribution in [0.5, 0.6) is 0 Å². The number of terminal acetylenes is 1. The number of rotatable bonds is 5. The number of fused-ring (bicyclic) bond motifs is 1. The van der Waals surface area contributed by atoms with Gasteiger partial charge in [-0.15, -0.1) is 11.5 Å². The second kappa shape index (κ2) is 7.59. The number of hydrogen-bond acceptors (Lipinski definition) is 5. The third kappa shape index (κ3) is 3.56. The molecular weight excluding hydrogens is 421 g/mol. The molecule has 0 aliphatic heterocycles. The van der Waals surface area contributed by atoms with Crippen LogP contribution in [0.1, 0.15) is 12.5 Å². The van der Waals surface area contributed by atoms with Gasteiger partial charge in [-0.3, -0.25) is 4.31 Å². The Bertz CT molecular complexity index is 1370. The van der Waals surface area contributed by atoms with Crippen molar-refractivity contribution in [2.24, 2.45) is 0 Å². The van der Waals surface area contributed by atoms with Crippen LogP contribution in [0.2, 0.25) is 5.02 Å². The number of anilines is 1. The van der Waals surface area contributed by atoms with Crippen LogP contribution in [0.3, 0.4) is 0 Å². The minimum Gasteiger partial charge on any atom is -0.257 e. The largest absolute Gasteiger partial charge is 0.355 e. The summed E-state index contributed by atoms with van der Waals surface area (Å²) in [5.41, 5.74) is -1.26. The standard InChI is InChI=1S/C18H13ClFN5O3S/c1-3-7-24(29(27,28)4-2)15-9-16(14(20)8-12(15)10-21)25-18(26)23-11-13(19)5-6-17(23)22-25/h1,5-6,8-9,11H,4,7H2,2H3. The Morgan fingerprint density at radius 1 is 1.38 bits per heavy atom. The summed E-state index contributed by atoms with van der Waals surface area (Å²) in [6, 6.07) is 6.63. The van der Waals surface area contributed by atoms with E-state index >= 15 is 0 Å². The van der Waals surface area contributed by atoms with Crippen LogP contribution in [-0.4, -0.2) is 34.9 Å². The van der Waals surface area contributed by atoms with Gasteiger partial charge in [-0.2, -0.15) is 9.94 Å². The Hall–Kier alpha value is -3.34. The van der Waals surface area contributed by atoms with Crippen molar-refractivity contribution in [2.45, 2.75) is 6.92 Å². The van der Waals surface area contributed by atoms with Gasteiger partial charge in [0.05, 0.1) is 28.6 Å². The minimum absolute atomic E-state index is 0.148. The summed E-state index contributed by atoms with van der Waals surface area (Å²) in [6.45, 7) is 1.04. The summed E-state index contributed by atoms with van der Waals surface area (Å²) in [5.74, 6) is 0.985. The van der Waals surface area contributed by atoms with Crippen LogP contribution >= 0.6 is 11.6 Å². The molecule has 0 bridgehead atoms. The number of pyridine rings is 1. The topological polar surface area (TPSA) is 100 Å². The Kier molecular flexibility index (Phi) is 5.33. The van der Waals surface area contributed by atoms with Gasteiger partial charge in [0.1, 0.15) is 11.8 Å². The first-order chi connectivity index (χ1) is 13.7. The van der Waals surface area contributed by atoms with Gasteiger partial charge in [-0.25, -0.2) is 22.0 Å². The number of sulfonamides is 1. The van der Waals surface area contributed by atoms with Crippen LogP contribution in [-0.2, 0) is 10.0 Å². The van der Waals surface area contributed by atoms with Crippen LogP contribution in [0, 0.1) is 29.5 Å². The van der Waals surface area contributed by atoms with E-state index in [1.807, 2.05) is 0 Å². The number of nitrogens with zero attached hydrogens (tertiary/aromatic N) is 5. The average Bonchev–Trinajstić information content (AvgIpc) is 3.02. The molecule has 0 saturated heterocycles.